The molecule has 1 N–H and O–H groups in total. The number of benzene rings is 3. The number of likely N-dealkylation sites (N-methyl/N-ethyl adjacent to an activating group) is 1. The molecule has 0 aromatic heterocycles. The number of carbonyl (C=O) groups excluding carboxylic acids is 2. The molecule has 3 aliphatic rings. The number of fused-ring (bicyclic) bond motifs is 3. The summed E-state index contributed by atoms with van der Waals surface area (Å²) in [7, 11) is 4.98. The molecule has 0 unspecified atom stereocenters. The minimum atomic E-state index is -0.345. The van der Waals surface area contributed by atoms with E-state index in [1.807, 2.05) is 18.0 Å². The van der Waals surface area contributed by atoms with E-state index in [0.717, 1.165) is 22.0 Å². The second kappa shape index (κ2) is 11.5. The summed E-state index contributed by atoms with van der Waals surface area (Å²) in [6, 6.07) is 10.0. The summed E-state index contributed by atoms with van der Waals surface area (Å²) >= 11 is 3.66. The van der Waals surface area contributed by atoms with E-state index >= 15 is 0 Å². The summed E-state index contributed by atoms with van der Waals surface area (Å²) in [6.45, 7) is 1.71. The highest BCUT2D eigenvalue weighted by Crippen LogP contribution is 2.52. The maximum absolute atomic E-state index is 13.7. The highest BCUT2D eigenvalue weighted by Gasteiger charge is 2.32. The lowest BCUT2D eigenvalue weighted by molar-refractivity contribution is 0.0999. The van der Waals surface area contributed by atoms with Crippen molar-refractivity contribution in [3.8, 4) is 34.5 Å². The van der Waals surface area contributed by atoms with E-state index in [4.69, 9.17) is 28.4 Å². The molecule has 0 aliphatic carbocycles. The number of ether oxygens (including phenoxy) is 6. The SMILES string of the molecule is COc1cc(C(=O)Nc2ccc(C(=O)C3=Cc4c(c(Br)c5c(c4OC)OCO5)CCN3C)cc2)cc2c1OCCCO2. The van der Waals surface area contributed by atoms with Gasteiger partial charge in [-0.25, -0.2) is 0 Å². The molecule has 3 aromatic carbocycles. The fourth-order valence-electron chi connectivity index (χ4n) is 5.19. The van der Waals surface area contributed by atoms with E-state index in [1.54, 1.807) is 43.5 Å². The van der Waals surface area contributed by atoms with Gasteiger partial charge in [0.15, 0.2) is 23.0 Å². The monoisotopic (exact) mass is 636 g/mol. The van der Waals surface area contributed by atoms with Crippen LogP contribution in [0.5, 0.6) is 34.5 Å². The highest BCUT2D eigenvalue weighted by molar-refractivity contribution is 9.10. The van der Waals surface area contributed by atoms with Crippen LogP contribution in [0.3, 0.4) is 0 Å². The first-order valence-corrected chi connectivity index (χ1v) is 14.2. The first-order chi connectivity index (χ1) is 20.4. The maximum atomic E-state index is 13.7. The molecule has 0 atom stereocenters. The number of methoxy groups -OCH3 is 2. The van der Waals surface area contributed by atoms with Crippen molar-refractivity contribution >= 4 is 39.4 Å². The van der Waals surface area contributed by atoms with Gasteiger partial charge in [-0.3, -0.25) is 9.59 Å². The van der Waals surface area contributed by atoms with Crippen molar-refractivity contribution in [2.24, 2.45) is 0 Å². The van der Waals surface area contributed by atoms with Crippen LogP contribution in [0.25, 0.3) is 6.08 Å². The molecule has 3 heterocycles. The van der Waals surface area contributed by atoms with Crippen molar-refractivity contribution in [3.05, 3.63) is 68.8 Å². The Morgan fingerprint density at radius 1 is 0.929 bits per heavy atom. The fraction of sp³-hybridized carbons (Fsp3) is 0.290. The van der Waals surface area contributed by atoms with Crippen molar-refractivity contribution in [1.29, 1.82) is 0 Å². The summed E-state index contributed by atoms with van der Waals surface area (Å²) in [5, 5.41) is 2.88. The van der Waals surface area contributed by atoms with Crippen molar-refractivity contribution in [3.63, 3.8) is 0 Å². The zero-order valence-electron chi connectivity index (χ0n) is 23.4. The number of hydrogen-bond donors (Lipinski definition) is 1. The number of halogens is 1. The number of nitrogens with one attached hydrogen (secondary N) is 1. The molecule has 218 valence electrons. The van der Waals surface area contributed by atoms with Crippen molar-refractivity contribution in [2.75, 3.05) is 53.1 Å². The lowest BCUT2D eigenvalue weighted by Gasteiger charge is -2.20. The van der Waals surface area contributed by atoms with E-state index in [0.29, 0.717) is 83.2 Å². The van der Waals surface area contributed by atoms with E-state index in [2.05, 4.69) is 21.2 Å². The zero-order valence-corrected chi connectivity index (χ0v) is 25.0. The number of carbonyl (C=O) groups is 2. The van der Waals surface area contributed by atoms with Crippen LogP contribution in [0, 0.1) is 0 Å². The number of Topliss-reactive ketones (excluding diaryl/α,β-unsaturated/α-hetero) is 1. The number of hydrogen-bond acceptors (Lipinski definition) is 9. The Bertz CT molecular complexity index is 1600. The molecule has 0 fully saturated rings. The summed E-state index contributed by atoms with van der Waals surface area (Å²) in [5.41, 5.74) is 3.64. The van der Waals surface area contributed by atoms with Gasteiger partial charge in [0.05, 0.1) is 37.6 Å². The van der Waals surface area contributed by atoms with Crippen molar-refractivity contribution in [1.82, 2.24) is 4.90 Å². The molecule has 1 amide bonds. The Morgan fingerprint density at radius 3 is 2.45 bits per heavy atom. The van der Waals surface area contributed by atoms with Gasteiger partial charge >= 0.3 is 0 Å². The van der Waals surface area contributed by atoms with E-state index in [9.17, 15) is 9.59 Å². The van der Waals surface area contributed by atoms with Gasteiger partial charge in [0.25, 0.3) is 5.91 Å². The zero-order chi connectivity index (χ0) is 29.4. The number of amides is 1. The van der Waals surface area contributed by atoms with Gasteiger partial charge in [-0.15, -0.1) is 0 Å². The minimum Gasteiger partial charge on any atom is -0.493 e. The molecule has 0 spiro atoms. The Balaban J connectivity index is 1.25. The van der Waals surface area contributed by atoms with Crippen LogP contribution in [0.15, 0.2) is 46.6 Å². The summed E-state index contributed by atoms with van der Waals surface area (Å²) in [5.74, 6) is 2.54. The summed E-state index contributed by atoms with van der Waals surface area (Å²) < 4.78 is 34.8. The van der Waals surface area contributed by atoms with E-state index in [1.165, 1.54) is 7.11 Å². The Kier molecular flexibility index (Phi) is 7.59. The van der Waals surface area contributed by atoms with Crippen LogP contribution < -0.4 is 33.7 Å². The smallest absolute Gasteiger partial charge is 0.255 e. The molecule has 6 rings (SSSR count). The highest BCUT2D eigenvalue weighted by atomic mass is 79.9. The average molecular weight is 637 g/mol. The number of anilines is 1. The molecule has 0 saturated heterocycles. The first kappa shape index (κ1) is 27.8. The van der Waals surface area contributed by atoms with Crippen LogP contribution in [0.2, 0.25) is 0 Å². The molecule has 11 heteroatoms. The molecule has 0 radical (unpaired) electrons. The first-order valence-electron chi connectivity index (χ1n) is 13.4. The standard InChI is InChI=1S/C31H29BrN2O8/c1-34-10-9-20-21(27(38-3)30-29(25(20)32)41-16-42-30)15-22(34)26(35)17-5-7-19(8-6-17)33-31(36)18-13-23(37-2)28-24(14-18)39-11-4-12-40-28/h5-8,13-15H,4,9-12,16H2,1-3H3,(H,33,36). The van der Waals surface area contributed by atoms with Crippen LogP contribution in [0.1, 0.15) is 38.3 Å². The Hall–Kier alpha value is -4.38. The van der Waals surface area contributed by atoms with Crippen molar-refractivity contribution in [2.45, 2.75) is 12.8 Å². The van der Waals surface area contributed by atoms with Crippen molar-refractivity contribution < 1.29 is 38.0 Å². The van der Waals surface area contributed by atoms with Gasteiger partial charge in [0.1, 0.15) is 0 Å². The molecule has 42 heavy (non-hydrogen) atoms. The molecule has 0 saturated carbocycles. The lowest BCUT2D eigenvalue weighted by atomic mass is 10.0. The predicted molar refractivity (Wildman–Crippen MR) is 158 cm³/mol. The molecule has 3 aliphatic heterocycles. The van der Waals surface area contributed by atoms with Crippen LogP contribution in [-0.2, 0) is 6.42 Å². The predicted octanol–water partition coefficient (Wildman–Crippen LogP) is 5.32. The van der Waals surface area contributed by atoms with Crippen LogP contribution in [-0.4, -0.2) is 64.4 Å². The lowest BCUT2D eigenvalue weighted by Crippen LogP contribution is -2.24. The van der Waals surface area contributed by atoms with Crippen LogP contribution in [0.4, 0.5) is 5.69 Å². The topological polar surface area (TPSA) is 105 Å². The quantitative estimate of drug-likeness (QED) is 0.360. The molecular formula is C31H29BrN2O8. The molecule has 0 bridgehead atoms. The third kappa shape index (κ3) is 4.98. The average Bonchev–Trinajstić information content (AvgIpc) is 3.27. The van der Waals surface area contributed by atoms with Gasteiger partial charge < -0.3 is 38.6 Å². The number of rotatable bonds is 6. The summed E-state index contributed by atoms with van der Waals surface area (Å²) in [4.78, 5) is 28.8. The number of allylic oxidation sites excluding steroid dienone is 1. The van der Waals surface area contributed by atoms with Gasteiger partial charge in [-0.2, -0.15) is 0 Å². The van der Waals surface area contributed by atoms with E-state index < -0.39 is 0 Å². The Morgan fingerprint density at radius 2 is 1.69 bits per heavy atom. The third-order valence-corrected chi connectivity index (χ3v) is 8.22. The minimum absolute atomic E-state index is 0.105. The fourth-order valence-corrected chi connectivity index (χ4v) is 5.90. The molecule has 10 nitrogen and oxygen atoms in total. The normalized spacial score (nSPS) is 15.1. The largest absolute Gasteiger partial charge is 0.493 e. The second-order valence-corrected chi connectivity index (χ2v) is 10.7. The summed E-state index contributed by atoms with van der Waals surface area (Å²) in [6.07, 6.45) is 3.24. The van der Waals surface area contributed by atoms with Gasteiger partial charge in [0.2, 0.25) is 24.1 Å². The van der Waals surface area contributed by atoms with Gasteiger partial charge in [0, 0.05) is 42.4 Å². The number of nitrogens with zero attached hydrogens (tertiary/aromatic N) is 1. The van der Waals surface area contributed by atoms with Gasteiger partial charge in [-0.05, 0) is 70.4 Å². The van der Waals surface area contributed by atoms with E-state index in [-0.39, 0.29) is 18.5 Å². The van der Waals surface area contributed by atoms with Gasteiger partial charge in [-0.1, -0.05) is 0 Å². The molecule has 3 aromatic rings. The maximum Gasteiger partial charge on any atom is 0.255 e. The number of ketones is 1. The molecular weight excluding hydrogens is 608 g/mol. The second-order valence-electron chi connectivity index (χ2n) is 9.92. The van der Waals surface area contributed by atoms with Crippen LogP contribution >= 0.6 is 15.9 Å². The third-order valence-electron chi connectivity index (χ3n) is 7.38. The Labute approximate surface area is 251 Å².